The van der Waals surface area contributed by atoms with Gasteiger partial charge in [0.05, 0.1) is 12.5 Å². The zero-order valence-corrected chi connectivity index (χ0v) is 11.9. The zero-order chi connectivity index (χ0) is 13.9. The van der Waals surface area contributed by atoms with Gasteiger partial charge in [-0.25, -0.2) is 0 Å². The van der Waals surface area contributed by atoms with E-state index in [1.54, 1.807) is 29.6 Å². The van der Waals surface area contributed by atoms with E-state index in [1.807, 2.05) is 35.0 Å². The van der Waals surface area contributed by atoms with E-state index in [-0.39, 0.29) is 6.04 Å². The Kier molecular flexibility index (Phi) is 4.65. The quantitative estimate of drug-likeness (QED) is 0.834. The Hall–Kier alpha value is -0.850. The van der Waals surface area contributed by atoms with E-state index in [1.165, 1.54) is 0 Å². The summed E-state index contributed by atoms with van der Waals surface area (Å²) in [5.74, 6) is 0. The topological polar surface area (TPSA) is 12.0 Å². The molecule has 0 aliphatic rings. The predicted molar refractivity (Wildman–Crippen MR) is 73.8 cm³/mol. The van der Waals surface area contributed by atoms with Gasteiger partial charge in [0.2, 0.25) is 0 Å². The molecular weight excluding hydrogens is 291 g/mol. The molecule has 0 radical (unpaired) electrons. The Morgan fingerprint density at radius 1 is 1.11 bits per heavy atom. The fraction of sp³-hybridized carbons (Fsp3) is 0.385. The van der Waals surface area contributed by atoms with Crippen LogP contribution in [-0.4, -0.2) is 12.2 Å². The summed E-state index contributed by atoms with van der Waals surface area (Å²) in [5, 5.41) is 6.95. The number of alkyl halides is 3. The van der Waals surface area contributed by atoms with Crippen LogP contribution in [0, 0.1) is 0 Å². The molecule has 1 nitrogen and oxygen atoms in total. The maximum atomic E-state index is 12.4. The lowest BCUT2D eigenvalue weighted by Crippen LogP contribution is -2.34. The summed E-state index contributed by atoms with van der Waals surface area (Å²) in [6, 6.07) is 6.95. The fourth-order valence-corrected chi connectivity index (χ4v) is 3.59. The average Bonchev–Trinajstić information content (AvgIpc) is 2.97. The molecule has 19 heavy (non-hydrogen) atoms. The fourth-order valence-electron chi connectivity index (χ4n) is 1.91. The molecule has 0 bridgehead atoms. The Labute approximate surface area is 118 Å². The Bertz CT molecular complexity index is 442. The third-order valence-electron chi connectivity index (χ3n) is 2.64. The van der Waals surface area contributed by atoms with Crippen LogP contribution in [0.4, 0.5) is 13.2 Å². The normalized spacial score (nSPS) is 13.9. The van der Waals surface area contributed by atoms with Crippen molar-refractivity contribution in [2.75, 3.05) is 0 Å². The van der Waals surface area contributed by atoms with Gasteiger partial charge in [-0.3, -0.25) is 0 Å². The van der Waals surface area contributed by atoms with Gasteiger partial charge in [0.15, 0.2) is 0 Å². The van der Waals surface area contributed by atoms with Crippen molar-refractivity contribution in [1.29, 1.82) is 0 Å². The first kappa shape index (κ1) is 14.6. The number of nitrogens with one attached hydrogen (secondary N) is 1. The highest BCUT2D eigenvalue weighted by atomic mass is 32.1. The SMILES string of the molecule is CC(CC(F)(F)F)NC(c1cccs1)c1cccs1. The van der Waals surface area contributed by atoms with E-state index in [4.69, 9.17) is 0 Å². The van der Waals surface area contributed by atoms with Crippen LogP contribution in [0.25, 0.3) is 0 Å². The molecule has 0 saturated heterocycles. The van der Waals surface area contributed by atoms with Crippen molar-refractivity contribution in [2.45, 2.75) is 31.6 Å². The third kappa shape index (κ3) is 4.33. The summed E-state index contributed by atoms with van der Waals surface area (Å²) in [6.45, 7) is 1.57. The molecule has 2 aromatic rings. The van der Waals surface area contributed by atoms with E-state index >= 15 is 0 Å². The van der Waals surface area contributed by atoms with Crippen molar-refractivity contribution >= 4 is 22.7 Å². The predicted octanol–water partition coefficient (Wildman–Crippen LogP) is 4.83. The summed E-state index contributed by atoms with van der Waals surface area (Å²) in [7, 11) is 0. The summed E-state index contributed by atoms with van der Waals surface area (Å²) in [4.78, 5) is 2.08. The highest BCUT2D eigenvalue weighted by Gasteiger charge is 2.31. The van der Waals surface area contributed by atoms with Crippen molar-refractivity contribution in [3.05, 3.63) is 44.8 Å². The van der Waals surface area contributed by atoms with Crippen LogP contribution in [0.1, 0.15) is 29.1 Å². The monoisotopic (exact) mass is 305 g/mol. The molecule has 104 valence electrons. The Balaban J connectivity index is 2.12. The molecule has 0 aliphatic heterocycles. The van der Waals surface area contributed by atoms with Gasteiger partial charge >= 0.3 is 6.18 Å². The summed E-state index contributed by atoms with van der Waals surface area (Å²) in [5.41, 5.74) is 0. The van der Waals surface area contributed by atoms with Crippen LogP contribution in [0.3, 0.4) is 0 Å². The smallest absolute Gasteiger partial charge is 0.302 e. The number of hydrogen-bond donors (Lipinski definition) is 1. The molecule has 0 fully saturated rings. The lowest BCUT2D eigenvalue weighted by molar-refractivity contribution is -0.139. The first-order valence-electron chi connectivity index (χ1n) is 5.85. The molecule has 0 aliphatic carbocycles. The van der Waals surface area contributed by atoms with E-state index in [0.717, 1.165) is 9.75 Å². The Morgan fingerprint density at radius 3 is 2.00 bits per heavy atom. The highest BCUT2D eigenvalue weighted by molar-refractivity contribution is 7.11. The molecule has 0 saturated carbocycles. The molecule has 2 heterocycles. The number of rotatable bonds is 5. The largest absolute Gasteiger partial charge is 0.390 e. The van der Waals surface area contributed by atoms with Crippen molar-refractivity contribution in [1.82, 2.24) is 5.32 Å². The van der Waals surface area contributed by atoms with E-state index < -0.39 is 18.6 Å². The van der Waals surface area contributed by atoms with Gasteiger partial charge in [0, 0.05) is 15.8 Å². The van der Waals surface area contributed by atoms with Crippen molar-refractivity contribution < 1.29 is 13.2 Å². The minimum absolute atomic E-state index is 0.155. The average molecular weight is 305 g/mol. The van der Waals surface area contributed by atoms with E-state index in [2.05, 4.69) is 5.32 Å². The molecule has 2 rings (SSSR count). The van der Waals surface area contributed by atoms with Crippen molar-refractivity contribution in [2.24, 2.45) is 0 Å². The lowest BCUT2D eigenvalue weighted by Gasteiger charge is -2.22. The minimum atomic E-state index is -4.14. The van der Waals surface area contributed by atoms with Crippen molar-refractivity contribution in [3.8, 4) is 0 Å². The second-order valence-electron chi connectivity index (χ2n) is 4.35. The Morgan fingerprint density at radius 2 is 1.63 bits per heavy atom. The maximum absolute atomic E-state index is 12.4. The summed E-state index contributed by atoms with van der Waals surface area (Å²) >= 11 is 3.10. The van der Waals surface area contributed by atoms with Crippen molar-refractivity contribution in [3.63, 3.8) is 0 Å². The van der Waals surface area contributed by atoms with Gasteiger partial charge in [-0.05, 0) is 29.8 Å². The van der Waals surface area contributed by atoms with Crippen LogP contribution in [0.15, 0.2) is 35.0 Å². The zero-order valence-electron chi connectivity index (χ0n) is 10.3. The van der Waals surface area contributed by atoms with Crippen LogP contribution in [-0.2, 0) is 0 Å². The van der Waals surface area contributed by atoms with Crippen LogP contribution >= 0.6 is 22.7 Å². The maximum Gasteiger partial charge on any atom is 0.390 e. The number of thiophene rings is 2. The van der Waals surface area contributed by atoms with Gasteiger partial charge in [-0.1, -0.05) is 12.1 Å². The minimum Gasteiger partial charge on any atom is -0.302 e. The molecular formula is C13H14F3NS2. The van der Waals surface area contributed by atoms with E-state index in [9.17, 15) is 13.2 Å². The molecule has 0 aromatic carbocycles. The molecule has 1 N–H and O–H groups in total. The van der Waals surface area contributed by atoms with Crippen LogP contribution in [0.5, 0.6) is 0 Å². The van der Waals surface area contributed by atoms with Gasteiger partial charge in [0.25, 0.3) is 0 Å². The molecule has 2 aromatic heterocycles. The second kappa shape index (κ2) is 6.07. The molecule has 0 amide bonds. The van der Waals surface area contributed by atoms with Crippen LogP contribution in [0.2, 0.25) is 0 Å². The first-order chi connectivity index (χ1) is 8.96. The van der Waals surface area contributed by atoms with Gasteiger partial charge in [0.1, 0.15) is 0 Å². The summed E-state index contributed by atoms with van der Waals surface area (Å²) < 4.78 is 37.2. The van der Waals surface area contributed by atoms with Gasteiger partial charge < -0.3 is 5.32 Å². The van der Waals surface area contributed by atoms with Gasteiger partial charge in [-0.2, -0.15) is 13.2 Å². The molecule has 1 unspecified atom stereocenters. The number of halogens is 3. The first-order valence-corrected chi connectivity index (χ1v) is 7.61. The van der Waals surface area contributed by atoms with Crippen LogP contribution < -0.4 is 5.32 Å². The molecule has 0 spiro atoms. The second-order valence-corrected chi connectivity index (χ2v) is 6.31. The summed E-state index contributed by atoms with van der Waals surface area (Å²) in [6.07, 6.45) is -4.96. The molecule has 6 heteroatoms. The number of hydrogen-bond acceptors (Lipinski definition) is 3. The highest BCUT2D eigenvalue weighted by Crippen LogP contribution is 2.31. The molecule has 1 atom stereocenters. The third-order valence-corrected chi connectivity index (χ3v) is 4.52. The van der Waals surface area contributed by atoms with E-state index in [0.29, 0.717) is 0 Å². The lowest BCUT2D eigenvalue weighted by atomic mass is 10.1. The standard InChI is InChI=1S/C13H14F3NS2/c1-9(8-13(14,15)16)17-12(10-4-2-6-18-10)11-5-3-7-19-11/h2-7,9,12,17H,8H2,1H3. The van der Waals surface area contributed by atoms with Gasteiger partial charge in [-0.15, -0.1) is 22.7 Å².